The maximum Gasteiger partial charge on any atom is 0.407 e. The third-order valence-corrected chi connectivity index (χ3v) is 0.806. The molecule has 3 nitrogen and oxygen atoms in total. The van der Waals surface area contributed by atoms with Gasteiger partial charge < -0.3 is 10.1 Å². The number of carbonyl (C=O) groups is 1. The van der Waals surface area contributed by atoms with Crippen LogP contribution in [0.2, 0.25) is 0 Å². The van der Waals surface area contributed by atoms with Crippen LogP contribution in [0.15, 0.2) is 0 Å². The van der Waals surface area contributed by atoms with Gasteiger partial charge >= 0.3 is 6.09 Å². The van der Waals surface area contributed by atoms with E-state index in [1.807, 2.05) is 0 Å². The van der Waals surface area contributed by atoms with E-state index in [0.29, 0.717) is 5.33 Å². The molecule has 0 rings (SSSR count). The normalized spacial score (nSPS) is 8.25. The zero-order valence-electron chi connectivity index (χ0n) is 4.48. The third kappa shape index (κ3) is 3.92. The highest BCUT2D eigenvalue weighted by Gasteiger charge is 1.92. The Balaban J connectivity index is 2.99. The van der Waals surface area contributed by atoms with Gasteiger partial charge in [-0.25, -0.2) is 4.79 Å². The van der Waals surface area contributed by atoms with Gasteiger partial charge in [0.25, 0.3) is 0 Å². The van der Waals surface area contributed by atoms with Crippen LogP contribution in [-0.4, -0.2) is 18.5 Å². The highest BCUT2D eigenvalue weighted by molar-refractivity contribution is 9.09. The Morgan fingerprint density at radius 1 is 2.00 bits per heavy atom. The Morgan fingerprint density at radius 2 is 2.62 bits per heavy atom. The van der Waals surface area contributed by atoms with Gasteiger partial charge in [-0.05, 0) is 0 Å². The molecule has 0 saturated carbocycles. The molecular weight excluding hydrogens is 174 g/mol. The Bertz CT molecular complexity index is 76.4. The highest BCUT2D eigenvalue weighted by atomic mass is 79.9. The van der Waals surface area contributed by atoms with Crippen LogP contribution in [0.5, 0.6) is 0 Å². The van der Waals surface area contributed by atoms with Crippen molar-refractivity contribution < 1.29 is 9.53 Å². The van der Waals surface area contributed by atoms with Crippen molar-refractivity contribution in [3.8, 4) is 0 Å². The lowest BCUT2D eigenvalue weighted by molar-refractivity contribution is 0.174. The van der Waals surface area contributed by atoms with Crippen LogP contribution >= 0.6 is 15.9 Å². The second kappa shape index (κ2) is 4.90. The van der Waals surface area contributed by atoms with Crippen molar-refractivity contribution in [2.24, 2.45) is 0 Å². The number of amides is 1. The predicted octanol–water partition coefficient (Wildman–Crippen LogP) is 0.899. The third-order valence-electron chi connectivity index (χ3n) is 0.482. The first kappa shape index (κ1) is 7.75. The lowest BCUT2D eigenvalue weighted by atomic mass is 10.8. The summed E-state index contributed by atoms with van der Waals surface area (Å²) in [6.45, 7) is 1.55. The maximum absolute atomic E-state index is 10.2. The molecule has 0 saturated heterocycles. The molecule has 0 aromatic heterocycles. The fourth-order valence-corrected chi connectivity index (χ4v) is 0.343. The SMILES string of the molecule is COC(=O)N[CH]CBr. The van der Waals surface area contributed by atoms with Crippen LogP contribution in [0.3, 0.4) is 0 Å². The van der Waals surface area contributed by atoms with E-state index in [2.05, 4.69) is 26.0 Å². The summed E-state index contributed by atoms with van der Waals surface area (Å²) in [5.41, 5.74) is 0. The van der Waals surface area contributed by atoms with Crippen LogP contribution in [0.25, 0.3) is 0 Å². The van der Waals surface area contributed by atoms with Crippen LogP contribution in [-0.2, 0) is 4.74 Å². The Morgan fingerprint density at radius 3 is 3.00 bits per heavy atom. The second-order valence-electron chi connectivity index (χ2n) is 0.994. The van der Waals surface area contributed by atoms with Crippen molar-refractivity contribution in [2.45, 2.75) is 0 Å². The summed E-state index contributed by atoms with van der Waals surface area (Å²) in [6, 6.07) is 0. The van der Waals surface area contributed by atoms with Crippen molar-refractivity contribution in [3.63, 3.8) is 0 Å². The molecule has 0 unspecified atom stereocenters. The highest BCUT2D eigenvalue weighted by Crippen LogP contribution is 1.81. The number of methoxy groups -OCH3 is 1. The molecule has 0 aromatic rings. The van der Waals surface area contributed by atoms with E-state index in [1.165, 1.54) is 7.11 Å². The van der Waals surface area contributed by atoms with Gasteiger partial charge in [0.1, 0.15) is 0 Å². The molecule has 4 heteroatoms. The van der Waals surface area contributed by atoms with Crippen LogP contribution in [0.4, 0.5) is 4.79 Å². The van der Waals surface area contributed by atoms with Gasteiger partial charge in [0.2, 0.25) is 0 Å². The zero-order chi connectivity index (χ0) is 6.41. The molecule has 0 aromatic carbocycles. The lowest BCUT2D eigenvalue weighted by Crippen LogP contribution is -2.20. The summed E-state index contributed by atoms with van der Waals surface area (Å²) in [4.78, 5) is 10.2. The Kier molecular flexibility index (Phi) is 4.75. The van der Waals surface area contributed by atoms with Gasteiger partial charge in [0, 0.05) is 5.33 Å². The van der Waals surface area contributed by atoms with E-state index >= 15 is 0 Å². The molecule has 0 aliphatic carbocycles. The average molecular weight is 181 g/mol. The molecule has 1 N–H and O–H groups in total. The average Bonchev–Trinajstić information content (AvgIpc) is 1.83. The zero-order valence-corrected chi connectivity index (χ0v) is 6.06. The monoisotopic (exact) mass is 180 g/mol. The van der Waals surface area contributed by atoms with Crippen molar-refractivity contribution in [1.29, 1.82) is 0 Å². The molecule has 0 aliphatic rings. The molecule has 0 heterocycles. The van der Waals surface area contributed by atoms with E-state index in [9.17, 15) is 4.79 Å². The van der Waals surface area contributed by atoms with Gasteiger partial charge in [-0.1, -0.05) is 15.9 Å². The fraction of sp³-hybridized carbons (Fsp3) is 0.500. The minimum atomic E-state index is -0.440. The summed E-state index contributed by atoms with van der Waals surface area (Å²) in [5, 5.41) is 2.98. The number of alkyl halides is 1. The van der Waals surface area contributed by atoms with Gasteiger partial charge in [0.15, 0.2) is 0 Å². The minimum Gasteiger partial charge on any atom is -0.453 e. The molecule has 0 aliphatic heterocycles. The van der Waals surface area contributed by atoms with E-state index in [1.54, 1.807) is 6.54 Å². The van der Waals surface area contributed by atoms with E-state index < -0.39 is 6.09 Å². The number of rotatable bonds is 2. The standard InChI is InChI=1S/C4H7BrNO2/c1-8-4(7)6-3-2-5/h3H,2H2,1H3,(H,6,7). The number of nitrogens with one attached hydrogen (secondary N) is 1. The predicted molar refractivity (Wildman–Crippen MR) is 33.6 cm³/mol. The number of hydrogen-bond acceptors (Lipinski definition) is 2. The van der Waals surface area contributed by atoms with Crippen molar-refractivity contribution in [2.75, 3.05) is 12.4 Å². The molecule has 0 fully saturated rings. The quantitative estimate of drug-likeness (QED) is 0.642. The molecule has 47 valence electrons. The number of ether oxygens (including phenoxy) is 1. The van der Waals surface area contributed by atoms with Crippen LogP contribution in [0, 0.1) is 6.54 Å². The molecule has 0 spiro atoms. The molecule has 0 atom stereocenters. The fourth-order valence-electron chi connectivity index (χ4n) is 0.181. The number of hydrogen-bond donors (Lipinski definition) is 1. The van der Waals surface area contributed by atoms with Gasteiger partial charge in [0.05, 0.1) is 13.7 Å². The van der Waals surface area contributed by atoms with E-state index in [0.717, 1.165) is 0 Å². The largest absolute Gasteiger partial charge is 0.453 e. The van der Waals surface area contributed by atoms with E-state index in [4.69, 9.17) is 0 Å². The van der Waals surface area contributed by atoms with Crippen molar-refractivity contribution in [3.05, 3.63) is 6.54 Å². The summed E-state index contributed by atoms with van der Waals surface area (Å²) >= 11 is 3.08. The number of carbonyl (C=O) groups excluding carboxylic acids is 1. The summed E-state index contributed by atoms with van der Waals surface area (Å²) in [7, 11) is 1.32. The maximum atomic E-state index is 10.2. The molecule has 8 heavy (non-hydrogen) atoms. The summed E-state index contributed by atoms with van der Waals surface area (Å²) < 4.78 is 4.25. The second-order valence-corrected chi connectivity index (χ2v) is 1.64. The lowest BCUT2D eigenvalue weighted by Gasteiger charge is -1.96. The van der Waals surface area contributed by atoms with Gasteiger partial charge in [-0.3, -0.25) is 0 Å². The van der Waals surface area contributed by atoms with E-state index in [-0.39, 0.29) is 0 Å². The minimum absolute atomic E-state index is 0.440. The van der Waals surface area contributed by atoms with Gasteiger partial charge in [-0.15, -0.1) is 0 Å². The summed E-state index contributed by atoms with van der Waals surface area (Å²) in [5.74, 6) is 0. The topological polar surface area (TPSA) is 38.3 Å². The molecular formula is C4H7BrNO2. The number of alkyl carbamates (subject to hydrolysis) is 1. The molecule has 0 bridgehead atoms. The first-order valence-corrected chi connectivity index (χ1v) is 3.15. The smallest absolute Gasteiger partial charge is 0.407 e. The molecule has 1 amide bonds. The first-order chi connectivity index (χ1) is 3.81. The van der Waals surface area contributed by atoms with Crippen LogP contribution < -0.4 is 5.32 Å². The Labute approximate surface area is 56.5 Å². The van der Waals surface area contributed by atoms with Crippen molar-refractivity contribution >= 4 is 22.0 Å². The summed E-state index contributed by atoms with van der Waals surface area (Å²) in [6.07, 6.45) is -0.440. The van der Waals surface area contributed by atoms with Crippen molar-refractivity contribution in [1.82, 2.24) is 5.32 Å². The first-order valence-electron chi connectivity index (χ1n) is 2.03. The number of halogens is 1. The molecule has 1 radical (unpaired) electrons. The van der Waals surface area contributed by atoms with Crippen LogP contribution in [0.1, 0.15) is 0 Å². The Hall–Kier alpha value is -0.250. The van der Waals surface area contributed by atoms with Gasteiger partial charge in [-0.2, -0.15) is 0 Å².